The van der Waals surface area contributed by atoms with E-state index in [1.807, 2.05) is 24.3 Å². The first-order valence-corrected chi connectivity index (χ1v) is 6.28. The third-order valence-electron chi connectivity index (χ3n) is 2.45. The van der Waals surface area contributed by atoms with Crippen LogP contribution in [0, 0.1) is 0 Å². The van der Waals surface area contributed by atoms with E-state index in [2.05, 4.69) is 27.9 Å². The van der Waals surface area contributed by atoms with E-state index in [9.17, 15) is 0 Å². The van der Waals surface area contributed by atoms with E-state index in [0.29, 0.717) is 5.95 Å². The molecule has 0 fully saturated rings. The average Bonchev–Trinajstić information content (AvgIpc) is 2.46. The van der Waals surface area contributed by atoms with Crippen molar-refractivity contribution in [3.63, 3.8) is 0 Å². The zero-order valence-electron chi connectivity index (χ0n) is 10.1. The summed E-state index contributed by atoms with van der Waals surface area (Å²) in [6.45, 7) is 0.752. The molecule has 1 aromatic heterocycles. The van der Waals surface area contributed by atoms with Crippen LogP contribution in [-0.4, -0.2) is 29.4 Å². The summed E-state index contributed by atoms with van der Waals surface area (Å²) in [4.78, 5) is 8.50. The quantitative estimate of drug-likeness (QED) is 0.812. The van der Waals surface area contributed by atoms with Crippen molar-refractivity contribution >= 4 is 18.6 Å². The molecule has 2 rings (SSSR count). The molecule has 0 spiro atoms. The summed E-state index contributed by atoms with van der Waals surface area (Å²) in [6.07, 6.45) is 3.59. The summed E-state index contributed by atoms with van der Waals surface area (Å²) in [5.41, 5.74) is 2.00. The van der Waals surface area contributed by atoms with Gasteiger partial charge in [0.1, 0.15) is 5.75 Å². The van der Waals surface area contributed by atoms with Gasteiger partial charge in [-0.25, -0.2) is 9.97 Å². The Balaban J connectivity index is 2.17. The van der Waals surface area contributed by atoms with Gasteiger partial charge >= 0.3 is 0 Å². The number of nitrogens with one attached hydrogen (secondary N) is 1. The first-order valence-electron chi connectivity index (χ1n) is 5.64. The topological polar surface area (TPSA) is 47.0 Å². The van der Waals surface area contributed by atoms with Gasteiger partial charge in [-0.1, -0.05) is 12.1 Å². The second-order valence-corrected chi connectivity index (χ2v) is 4.12. The SMILES string of the molecule is COc1cccc(-c2cnc(NCCS)nc2)c1. The van der Waals surface area contributed by atoms with Gasteiger partial charge in [0.15, 0.2) is 0 Å². The molecule has 0 saturated carbocycles. The first kappa shape index (κ1) is 12.7. The number of methoxy groups -OCH3 is 1. The molecule has 5 heteroatoms. The highest BCUT2D eigenvalue weighted by Gasteiger charge is 2.01. The molecule has 1 aromatic carbocycles. The lowest BCUT2D eigenvalue weighted by molar-refractivity contribution is 0.415. The van der Waals surface area contributed by atoms with Gasteiger partial charge in [-0.05, 0) is 17.7 Å². The Labute approximate surface area is 112 Å². The third kappa shape index (κ3) is 3.13. The minimum absolute atomic E-state index is 0.621. The molecule has 0 atom stereocenters. The number of ether oxygens (including phenoxy) is 1. The number of nitrogens with zero attached hydrogens (tertiary/aromatic N) is 2. The van der Waals surface area contributed by atoms with E-state index in [1.54, 1.807) is 19.5 Å². The van der Waals surface area contributed by atoms with Crippen molar-refractivity contribution in [3.8, 4) is 16.9 Å². The summed E-state index contributed by atoms with van der Waals surface area (Å²) in [6, 6.07) is 7.82. The summed E-state index contributed by atoms with van der Waals surface area (Å²) >= 11 is 4.12. The predicted molar refractivity (Wildman–Crippen MR) is 76.4 cm³/mol. The van der Waals surface area contributed by atoms with Crippen LogP contribution in [0.1, 0.15) is 0 Å². The van der Waals surface area contributed by atoms with E-state index in [0.717, 1.165) is 29.2 Å². The minimum atomic E-state index is 0.621. The molecule has 0 aliphatic rings. The van der Waals surface area contributed by atoms with Crippen molar-refractivity contribution in [1.29, 1.82) is 0 Å². The second-order valence-electron chi connectivity index (χ2n) is 3.68. The molecular formula is C13H15N3OS. The molecule has 0 amide bonds. The maximum Gasteiger partial charge on any atom is 0.222 e. The van der Waals surface area contributed by atoms with Crippen molar-refractivity contribution in [1.82, 2.24) is 9.97 Å². The number of aromatic nitrogens is 2. The summed E-state index contributed by atoms with van der Waals surface area (Å²) in [5, 5.41) is 3.07. The molecule has 0 bridgehead atoms. The summed E-state index contributed by atoms with van der Waals surface area (Å²) in [5.74, 6) is 2.20. The molecule has 1 heterocycles. The highest BCUT2D eigenvalue weighted by atomic mass is 32.1. The van der Waals surface area contributed by atoms with Crippen LogP contribution in [0.2, 0.25) is 0 Å². The molecule has 0 aliphatic heterocycles. The molecular weight excluding hydrogens is 246 g/mol. The smallest absolute Gasteiger partial charge is 0.222 e. The van der Waals surface area contributed by atoms with Gasteiger partial charge in [0, 0.05) is 30.3 Å². The largest absolute Gasteiger partial charge is 0.497 e. The van der Waals surface area contributed by atoms with Crippen molar-refractivity contribution in [2.45, 2.75) is 0 Å². The first-order chi connectivity index (χ1) is 8.83. The second kappa shape index (κ2) is 6.26. The molecule has 0 unspecified atom stereocenters. The molecule has 0 saturated heterocycles. The average molecular weight is 261 g/mol. The number of hydrogen-bond donors (Lipinski definition) is 2. The highest BCUT2D eigenvalue weighted by Crippen LogP contribution is 2.22. The van der Waals surface area contributed by atoms with Gasteiger partial charge in [-0.3, -0.25) is 0 Å². The Kier molecular flexibility index (Phi) is 4.41. The molecule has 0 radical (unpaired) electrons. The van der Waals surface area contributed by atoms with Crippen molar-refractivity contribution in [3.05, 3.63) is 36.7 Å². The standard InChI is InChI=1S/C13H15N3OS/c1-17-12-4-2-3-10(7-12)11-8-15-13(16-9-11)14-5-6-18/h2-4,7-9,18H,5-6H2,1H3,(H,14,15,16). The number of benzene rings is 1. The van der Waals surface area contributed by atoms with Crippen LogP contribution >= 0.6 is 12.6 Å². The number of thiol groups is 1. The van der Waals surface area contributed by atoms with E-state index < -0.39 is 0 Å². The third-order valence-corrected chi connectivity index (χ3v) is 2.67. The number of rotatable bonds is 5. The van der Waals surface area contributed by atoms with Crippen molar-refractivity contribution in [2.75, 3.05) is 24.7 Å². The van der Waals surface area contributed by atoms with Gasteiger partial charge in [0.05, 0.1) is 7.11 Å². The normalized spacial score (nSPS) is 10.1. The summed E-state index contributed by atoms with van der Waals surface area (Å²) < 4.78 is 5.19. The van der Waals surface area contributed by atoms with Crippen LogP contribution in [0.15, 0.2) is 36.7 Å². The lowest BCUT2D eigenvalue weighted by Gasteiger charge is -2.05. The highest BCUT2D eigenvalue weighted by molar-refractivity contribution is 7.80. The molecule has 1 N–H and O–H groups in total. The van der Waals surface area contributed by atoms with Crippen molar-refractivity contribution < 1.29 is 4.74 Å². The Morgan fingerprint density at radius 2 is 2.00 bits per heavy atom. The fourth-order valence-corrected chi connectivity index (χ4v) is 1.65. The van der Waals surface area contributed by atoms with Crippen LogP contribution in [0.5, 0.6) is 5.75 Å². The van der Waals surface area contributed by atoms with Crippen LogP contribution in [0.3, 0.4) is 0 Å². The fraction of sp³-hybridized carbons (Fsp3) is 0.231. The molecule has 4 nitrogen and oxygen atoms in total. The fourth-order valence-electron chi connectivity index (χ4n) is 1.54. The Bertz CT molecular complexity index is 502. The maximum absolute atomic E-state index is 5.19. The van der Waals surface area contributed by atoms with Crippen LogP contribution < -0.4 is 10.1 Å². The van der Waals surface area contributed by atoms with E-state index in [-0.39, 0.29) is 0 Å². The van der Waals surface area contributed by atoms with Gasteiger partial charge < -0.3 is 10.1 Å². The molecule has 0 aliphatic carbocycles. The van der Waals surface area contributed by atoms with E-state index >= 15 is 0 Å². The van der Waals surface area contributed by atoms with Crippen LogP contribution in [0.25, 0.3) is 11.1 Å². The van der Waals surface area contributed by atoms with E-state index in [4.69, 9.17) is 4.74 Å². The lowest BCUT2D eigenvalue weighted by Crippen LogP contribution is -2.05. The molecule has 2 aromatic rings. The Morgan fingerprint density at radius 3 is 2.67 bits per heavy atom. The Hall–Kier alpha value is -1.75. The number of anilines is 1. The lowest BCUT2D eigenvalue weighted by atomic mass is 10.1. The number of hydrogen-bond acceptors (Lipinski definition) is 5. The predicted octanol–water partition coefficient (Wildman–Crippen LogP) is 2.49. The van der Waals surface area contributed by atoms with Crippen LogP contribution in [-0.2, 0) is 0 Å². The van der Waals surface area contributed by atoms with Crippen LogP contribution in [0.4, 0.5) is 5.95 Å². The van der Waals surface area contributed by atoms with Crippen molar-refractivity contribution in [2.24, 2.45) is 0 Å². The van der Waals surface area contributed by atoms with Gasteiger partial charge in [-0.15, -0.1) is 0 Å². The van der Waals surface area contributed by atoms with Gasteiger partial charge in [-0.2, -0.15) is 12.6 Å². The minimum Gasteiger partial charge on any atom is -0.497 e. The molecule has 94 valence electrons. The maximum atomic E-state index is 5.19. The Morgan fingerprint density at radius 1 is 1.22 bits per heavy atom. The zero-order valence-corrected chi connectivity index (χ0v) is 11.0. The molecule has 18 heavy (non-hydrogen) atoms. The summed E-state index contributed by atoms with van der Waals surface area (Å²) in [7, 11) is 1.65. The van der Waals surface area contributed by atoms with Gasteiger partial charge in [0.25, 0.3) is 0 Å². The monoisotopic (exact) mass is 261 g/mol. The zero-order chi connectivity index (χ0) is 12.8. The van der Waals surface area contributed by atoms with Gasteiger partial charge in [0.2, 0.25) is 5.95 Å². The van der Waals surface area contributed by atoms with E-state index in [1.165, 1.54) is 0 Å².